The molecule has 0 fully saturated rings. The van der Waals surface area contributed by atoms with Crippen LogP contribution in [-0.4, -0.2) is 4.89 Å². The van der Waals surface area contributed by atoms with Gasteiger partial charge in [0.05, 0.1) is 12.9 Å². The van der Waals surface area contributed by atoms with Crippen LogP contribution >= 0.6 is 19.4 Å². The van der Waals surface area contributed by atoms with E-state index in [1.807, 2.05) is 12.2 Å². The van der Waals surface area contributed by atoms with Crippen molar-refractivity contribution in [2.45, 2.75) is 84.2 Å². The maximum Gasteiger partial charge on any atom is 0.527 e. The summed E-state index contributed by atoms with van der Waals surface area (Å²) in [7, 11) is -4.14. The van der Waals surface area contributed by atoms with Gasteiger partial charge in [0.15, 0.2) is 0 Å². The standard InChI is InChI=1S/C23H36ClO4P/c1-2-3-4-5-6-7-8-9-10-11-12-13-14-17-20-27-29(25,26)28-21-22-18-15-16-19-23(22)24/h13-20H,2-12,21H2,1H3,(H,25,26). The van der Waals surface area contributed by atoms with Crippen LogP contribution in [0.15, 0.2) is 48.8 Å². The Bertz CT molecular complexity index is 646. The van der Waals surface area contributed by atoms with E-state index in [-0.39, 0.29) is 6.61 Å². The summed E-state index contributed by atoms with van der Waals surface area (Å²) in [6, 6.07) is 7.00. The Kier molecular flexibility index (Phi) is 15.0. The number of hydrogen-bond donors (Lipinski definition) is 1. The first-order valence-corrected chi connectivity index (χ1v) is 12.6. The highest BCUT2D eigenvalue weighted by molar-refractivity contribution is 7.47. The van der Waals surface area contributed by atoms with Crippen LogP contribution in [0.25, 0.3) is 0 Å². The molecule has 0 bridgehead atoms. The molecule has 1 unspecified atom stereocenters. The lowest BCUT2D eigenvalue weighted by Crippen LogP contribution is -1.93. The molecule has 4 nitrogen and oxygen atoms in total. The summed E-state index contributed by atoms with van der Waals surface area (Å²) in [5, 5.41) is 0.484. The Morgan fingerprint density at radius 2 is 1.59 bits per heavy atom. The van der Waals surface area contributed by atoms with Gasteiger partial charge in [0.2, 0.25) is 0 Å². The fourth-order valence-corrected chi connectivity index (χ4v) is 3.66. The van der Waals surface area contributed by atoms with Crippen molar-refractivity contribution in [2.75, 3.05) is 0 Å². The molecule has 6 heteroatoms. The third-order valence-corrected chi connectivity index (χ3v) is 5.80. The van der Waals surface area contributed by atoms with Crippen molar-refractivity contribution in [1.29, 1.82) is 0 Å². The van der Waals surface area contributed by atoms with Crippen LogP contribution in [-0.2, 0) is 20.2 Å². The largest absolute Gasteiger partial charge is 0.527 e. The first-order valence-electron chi connectivity index (χ1n) is 10.8. The van der Waals surface area contributed by atoms with Crippen molar-refractivity contribution in [3.8, 4) is 0 Å². The third-order valence-electron chi connectivity index (χ3n) is 4.59. The minimum Gasteiger partial charge on any atom is -0.412 e. The molecule has 0 heterocycles. The van der Waals surface area contributed by atoms with E-state index in [4.69, 9.17) is 20.6 Å². The van der Waals surface area contributed by atoms with Gasteiger partial charge in [0, 0.05) is 5.02 Å². The highest BCUT2D eigenvalue weighted by Gasteiger charge is 2.20. The highest BCUT2D eigenvalue weighted by atomic mass is 35.5. The van der Waals surface area contributed by atoms with Crippen molar-refractivity contribution >= 4 is 19.4 Å². The molecule has 0 aliphatic rings. The molecular weight excluding hydrogens is 407 g/mol. The number of halogens is 1. The van der Waals surface area contributed by atoms with E-state index < -0.39 is 7.82 Å². The van der Waals surface area contributed by atoms with Crippen LogP contribution in [0.1, 0.15) is 83.1 Å². The van der Waals surface area contributed by atoms with Gasteiger partial charge in [-0.05, 0) is 30.5 Å². The monoisotopic (exact) mass is 442 g/mol. The number of rotatable bonds is 17. The lowest BCUT2D eigenvalue weighted by Gasteiger charge is -2.10. The Morgan fingerprint density at radius 1 is 0.966 bits per heavy atom. The molecule has 1 aromatic carbocycles. The minimum atomic E-state index is -4.14. The van der Waals surface area contributed by atoms with Gasteiger partial charge < -0.3 is 4.52 Å². The second-order valence-electron chi connectivity index (χ2n) is 7.17. The zero-order chi connectivity index (χ0) is 21.2. The Morgan fingerprint density at radius 3 is 2.24 bits per heavy atom. The molecule has 0 saturated carbocycles. The zero-order valence-electron chi connectivity index (χ0n) is 17.6. The maximum absolute atomic E-state index is 11.8. The van der Waals surface area contributed by atoms with Gasteiger partial charge in [-0.15, -0.1) is 0 Å². The minimum absolute atomic E-state index is 0.0874. The Balaban J connectivity index is 2.03. The molecule has 0 spiro atoms. The van der Waals surface area contributed by atoms with E-state index in [0.717, 1.165) is 6.42 Å². The van der Waals surface area contributed by atoms with Crippen LogP contribution in [0, 0.1) is 0 Å². The number of unbranched alkanes of at least 4 members (excludes halogenated alkanes) is 10. The molecule has 0 aromatic heterocycles. The van der Waals surface area contributed by atoms with E-state index in [9.17, 15) is 9.46 Å². The van der Waals surface area contributed by atoms with Gasteiger partial charge in [0.1, 0.15) is 0 Å². The summed E-state index contributed by atoms with van der Waals surface area (Å²) in [5.74, 6) is 0. The molecular formula is C23H36ClO4P. The molecule has 0 aliphatic carbocycles. The quantitative estimate of drug-likeness (QED) is 0.114. The first kappa shape index (κ1) is 26.0. The van der Waals surface area contributed by atoms with Gasteiger partial charge in [-0.2, -0.15) is 0 Å². The molecule has 29 heavy (non-hydrogen) atoms. The molecule has 1 atom stereocenters. The van der Waals surface area contributed by atoms with Crippen molar-refractivity contribution in [1.82, 2.24) is 0 Å². The van der Waals surface area contributed by atoms with E-state index in [1.54, 1.807) is 30.3 Å². The van der Waals surface area contributed by atoms with E-state index in [0.29, 0.717) is 10.6 Å². The molecule has 164 valence electrons. The van der Waals surface area contributed by atoms with E-state index in [2.05, 4.69) is 6.92 Å². The summed E-state index contributed by atoms with van der Waals surface area (Å²) in [5.41, 5.74) is 0.632. The SMILES string of the molecule is CCCCCCCCCCCCC=CC=COP(=O)(O)OCc1ccccc1Cl. The molecule has 0 amide bonds. The zero-order valence-corrected chi connectivity index (χ0v) is 19.3. The molecule has 1 rings (SSSR count). The van der Waals surface area contributed by atoms with Crippen LogP contribution < -0.4 is 0 Å². The first-order chi connectivity index (χ1) is 14.0. The molecule has 0 aliphatic heterocycles. The molecule has 0 radical (unpaired) electrons. The Hall–Kier alpha value is -1.06. The lowest BCUT2D eigenvalue weighted by atomic mass is 10.1. The number of phosphoric ester groups is 1. The Labute approximate surface area is 181 Å². The van der Waals surface area contributed by atoms with E-state index in [1.165, 1.54) is 70.5 Å². The van der Waals surface area contributed by atoms with Gasteiger partial charge in [-0.1, -0.05) is 107 Å². The van der Waals surface area contributed by atoms with Gasteiger partial charge in [-0.3, -0.25) is 9.42 Å². The second kappa shape index (κ2) is 16.7. The normalized spacial score (nSPS) is 13.9. The van der Waals surface area contributed by atoms with Gasteiger partial charge in [-0.25, -0.2) is 4.57 Å². The summed E-state index contributed by atoms with van der Waals surface area (Å²) in [4.78, 5) is 9.66. The third kappa shape index (κ3) is 14.5. The molecule has 1 aromatic rings. The predicted molar refractivity (Wildman–Crippen MR) is 122 cm³/mol. The fourth-order valence-electron chi connectivity index (χ4n) is 2.88. The van der Waals surface area contributed by atoms with Crippen molar-refractivity contribution in [2.24, 2.45) is 0 Å². The fraction of sp³-hybridized carbons (Fsp3) is 0.565. The van der Waals surface area contributed by atoms with Crippen molar-refractivity contribution in [3.63, 3.8) is 0 Å². The predicted octanol–water partition coefficient (Wildman–Crippen LogP) is 8.35. The smallest absolute Gasteiger partial charge is 0.412 e. The molecule has 1 N–H and O–H groups in total. The number of allylic oxidation sites excluding steroid dienone is 3. The van der Waals surface area contributed by atoms with Crippen LogP contribution in [0.5, 0.6) is 0 Å². The summed E-state index contributed by atoms with van der Waals surface area (Å²) < 4.78 is 21.6. The number of benzene rings is 1. The van der Waals surface area contributed by atoms with Gasteiger partial charge in [0.25, 0.3) is 0 Å². The van der Waals surface area contributed by atoms with Crippen LogP contribution in [0.4, 0.5) is 0 Å². The van der Waals surface area contributed by atoms with E-state index >= 15 is 0 Å². The van der Waals surface area contributed by atoms with Crippen molar-refractivity contribution < 1.29 is 18.5 Å². The average Bonchev–Trinajstić information content (AvgIpc) is 2.70. The highest BCUT2D eigenvalue weighted by Crippen LogP contribution is 2.44. The maximum atomic E-state index is 11.8. The second-order valence-corrected chi connectivity index (χ2v) is 8.98. The summed E-state index contributed by atoms with van der Waals surface area (Å²) in [6.45, 7) is 2.16. The number of hydrogen-bond acceptors (Lipinski definition) is 3. The number of phosphoric acid groups is 1. The topological polar surface area (TPSA) is 55.8 Å². The van der Waals surface area contributed by atoms with Gasteiger partial charge >= 0.3 is 7.82 Å². The van der Waals surface area contributed by atoms with Crippen LogP contribution in [0.3, 0.4) is 0 Å². The lowest BCUT2D eigenvalue weighted by molar-refractivity contribution is 0.180. The van der Waals surface area contributed by atoms with Crippen LogP contribution in [0.2, 0.25) is 5.02 Å². The summed E-state index contributed by atoms with van der Waals surface area (Å²) >= 11 is 5.98. The van der Waals surface area contributed by atoms with Crippen molar-refractivity contribution in [3.05, 3.63) is 59.3 Å². The molecule has 0 saturated heterocycles. The average molecular weight is 443 g/mol. The summed E-state index contributed by atoms with van der Waals surface area (Å²) in [6.07, 6.45) is 20.9.